The van der Waals surface area contributed by atoms with E-state index in [1.807, 2.05) is 43.1 Å². The van der Waals surface area contributed by atoms with Crippen molar-refractivity contribution in [1.82, 2.24) is 9.80 Å². The largest absolute Gasteiger partial charge is 0.494 e. The van der Waals surface area contributed by atoms with Gasteiger partial charge in [0.1, 0.15) is 5.75 Å². The van der Waals surface area contributed by atoms with Gasteiger partial charge in [0.15, 0.2) is 0 Å². The number of amides is 1. The highest BCUT2D eigenvalue weighted by Crippen LogP contribution is 2.13. The molecule has 1 aromatic rings. The molecule has 0 atom stereocenters. The first-order chi connectivity index (χ1) is 10.2. The molecule has 21 heavy (non-hydrogen) atoms. The van der Waals surface area contributed by atoms with Gasteiger partial charge in [0.2, 0.25) is 5.91 Å². The van der Waals surface area contributed by atoms with E-state index in [2.05, 4.69) is 4.90 Å². The van der Waals surface area contributed by atoms with Crippen LogP contribution >= 0.6 is 0 Å². The van der Waals surface area contributed by atoms with Crippen molar-refractivity contribution in [1.29, 1.82) is 0 Å². The number of carbonyl (C=O) groups is 1. The van der Waals surface area contributed by atoms with Gasteiger partial charge >= 0.3 is 0 Å². The predicted molar refractivity (Wildman–Crippen MR) is 84.6 cm³/mol. The molecule has 0 radical (unpaired) electrons. The molecule has 2 rings (SSSR count). The van der Waals surface area contributed by atoms with E-state index in [9.17, 15) is 4.79 Å². The van der Waals surface area contributed by atoms with Crippen molar-refractivity contribution in [2.75, 3.05) is 39.8 Å². The quantitative estimate of drug-likeness (QED) is 0.771. The van der Waals surface area contributed by atoms with Crippen LogP contribution in [0.5, 0.6) is 5.75 Å². The van der Waals surface area contributed by atoms with Crippen LogP contribution in [-0.2, 0) is 11.2 Å². The topological polar surface area (TPSA) is 32.8 Å². The monoisotopic (exact) mass is 290 g/mol. The highest BCUT2D eigenvalue weighted by atomic mass is 16.5. The van der Waals surface area contributed by atoms with Crippen LogP contribution in [0.2, 0.25) is 0 Å². The molecule has 0 unspecified atom stereocenters. The molecular formula is C17H26N2O2. The minimum Gasteiger partial charge on any atom is -0.494 e. The zero-order chi connectivity index (χ0) is 15.1. The maximum atomic E-state index is 12.2. The van der Waals surface area contributed by atoms with E-state index in [4.69, 9.17) is 4.74 Å². The van der Waals surface area contributed by atoms with Gasteiger partial charge in [0.05, 0.1) is 13.0 Å². The summed E-state index contributed by atoms with van der Waals surface area (Å²) in [5, 5.41) is 0. The number of likely N-dealkylation sites (N-methyl/N-ethyl adjacent to an activating group) is 1. The zero-order valence-electron chi connectivity index (χ0n) is 13.2. The van der Waals surface area contributed by atoms with E-state index < -0.39 is 0 Å². The first kappa shape index (κ1) is 15.8. The Morgan fingerprint density at radius 3 is 2.52 bits per heavy atom. The third-order valence-corrected chi connectivity index (χ3v) is 3.97. The Balaban J connectivity index is 1.76. The first-order valence-electron chi connectivity index (χ1n) is 7.87. The molecule has 1 aromatic carbocycles. The number of hydrogen-bond donors (Lipinski definition) is 0. The van der Waals surface area contributed by atoms with Gasteiger partial charge in [0.25, 0.3) is 0 Å². The van der Waals surface area contributed by atoms with Crippen LogP contribution in [0.25, 0.3) is 0 Å². The van der Waals surface area contributed by atoms with E-state index >= 15 is 0 Å². The van der Waals surface area contributed by atoms with Crippen LogP contribution in [0.1, 0.15) is 25.3 Å². The van der Waals surface area contributed by atoms with Crippen molar-refractivity contribution >= 4 is 5.91 Å². The van der Waals surface area contributed by atoms with Crippen LogP contribution in [-0.4, -0.2) is 55.5 Å². The van der Waals surface area contributed by atoms with Crippen LogP contribution in [0.15, 0.2) is 24.3 Å². The number of carbonyl (C=O) groups excluding carboxylic acids is 1. The molecule has 4 heteroatoms. The summed E-state index contributed by atoms with van der Waals surface area (Å²) in [5.41, 5.74) is 1.04. The number of ether oxygens (including phenoxy) is 1. The van der Waals surface area contributed by atoms with Crippen molar-refractivity contribution in [3.8, 4) is 5.75 Å². The Hall–Kier alpha value is -1.55. The molecule has 0 aliphatic carbocycles. The van der Waals surface area contributed by atoms with Crippen molar-refractivity contribution in [2.24, 2.45) is 0 Å². The van der Waals surface area contributed by atoms with Crippen molar-refractivity contribution in [2.45, 2.75) is 26.2 Å². The minimum atomic E-state index is 0.179. The van der Waals surface area contributed by atoms with Crippen molar-refractivity contribution in [3.05, 3.63) is 29.8 Å². The van der Waals surface area contributed by atoms with Crippen molar-refractivity contribution < 1.29 is 9.53 Å². The van der Waals surface area contributed by atoms with Gasteiger partial charge in [-0.25, -0.2) is 0 Å². The van der Waals surface area contributed by atoms with Crippen molar-refractivity contribution in [3.63, 3.8) is 0 Å². The minimum absolute atomic E-state index is 0.179. The summed E-state index contributed by atoms with van der Waals surface area (Å²) in [6.07, 6.45) is 3.05. The van der Waals surface area contributed by atoms with E-state index in [0.29, 0.717) is 13.0 Å². The lowest BCUT2D eigenvalue weighted by Crippen LogP contribution is -2.35. The second-order valence-electron chi connectivity index (χ2n) is 5.62. The van der Waals surface area contributed by atoms with Gasteiger partial charge in [-0.1, -0.05) is 12.1 Å². The lowest BCUT2D eigenvalue weighted by molar-refractivity contribution is -0.129. The molecule has 0 aromatic heterocycles. The van der Waals surface area contributed by atoms with E-state index in [1.165, 1.54) is 25.9 Å². The lowest BCUT2D eigenvalue weighted by atomic mass is 10.1. The number of nitrogens with zero attached hydrogens (tertiary/aromatic N) is 2. The highest BCUT2D eigenvalue weighted by Gasteiger charge is 2.14. The maximum absolute atomic E-state index is 12.2. The summed E-state index contributed by atoms with van der Waals surface area (Å²) in [7, 11) is 1.90. The Labute approximate surface area is 127 Å². The number of benzene rings is 1. The molecule has 0 N–H and O–H groups in total. The molecule has 1 amide bonds. The Morgan fingerprint density at radius 2 is 1.90 bits per heavy atom. The third-order valence-electron chi connectivity index (χ3n) is 3.97. The number of rotatable bonds is 7. The fraction of sp³-hybridized carbons (Fsp3) is 0.588. The predicted octanol–water partition coefficient (Wildman–Crippen LogP) is 2.18. The maximum Gasteiger partial charge on any atom is 0.226 e. The second kappa shape index (κ2) is 8.03. The van der Waals surface area contributed by atoms with Gasteiger partial charge in [-0.3, -0.25) is 4.79 Å². The average molecular weight is 290 g/mol. The van der Waals surface area contributed by atoms with Crippen LogP contribution in [0.4, 0.5) is 0 Å². The summed E-state index contributed by atoms with van der Waals surface area (Å²) in [6, 6.07) is 7.79. The smallest absolute Gasteiger partial charge is 0.226 e. The Kier molecular flexibility index (Phi) is 6.05. The normalized spacial score (nSPS) is 15.1. The molecule has 1 heterocycles. The molecule has 0 saturated carbocycles. The molecule has 1 saturated heterocycles. The molecule has 0 bridgehead atoms. The van der Waals surface area contributed by atoms with E-state index in [-0.39, 0.29) is 5.91 Å². The fourth-order valence-electron chi connectivity index (χ4n) is 2.60. The molecule has 1 aliphatic heterocycles. The first-order valence-corrected chi connectivity index (χ1v) is 7.87. The second-order valence-corrected chi connectivity index (χ2v) is 5.62. The number of hydrogen-bond acceptors (Lipinski definition) is 3. The molecule has 116 valence electrons. The summed E-state index contributed by atoms with van der Waals surface area (Å²) >= 11 is 0. The fourth-order valence-corrected chi connectivity index (χ4v) is 2.60. The van der Waals surface area contributed by atoms with Gasteiger partial charge in [-0.2, -0.15) is 0 Å². The molecule has 1 fully saturated rings. The summed E-state index contributed by atoms with van der Waals surface area (Å²) in [4.78, 5) is 16.5. The van der Waals surface area contributed by atoms with Gasteiger partial charge in [-0.15, -0.1) is 0 Å². The molecule has 1 aliphatic rings. The van der Waals surface area contributed by atoms with Gasteiger partial charge in [0, 0.05) is 20.1 Å². The van der Waals surface area contributed by atoms with Gasteiger partial charge < -0.3 is 14.5 Å². The summed E-state index contributed by atoms with van der Waals surface area (Å²) in [6.45, 7) is 6.80. The standard InChI is InChI=1S/C17H26N2O2/c1-3-21-16-8-6-15(7-9-16)14-17(20)18(2)12-13-19-10-4-5-11-19/h6-9H,3-5,10-14H2,1-2H3. The van der Waals surface area contributed by atoms with Crippen LogP contribution in [0.3, 0.4) is 0 Å². The third kappa shape index (κ3) is 5.05. The van der Waals surface area contributed by atoms with Crippen LogP contribution in [0, 0.1) is 0 Å². The van der Waals surface area contributed by atoms with Gasteiger partial charge in [-0.05, 0) is 50.6 Å². The molecular weight excluding hydrogens is 264 g/mol. The average Bonchev–Trinajstić information content (AvgIpc) is 3.00. The van der Waals surface area contributed by atoms with Crippen LogP contribution < -0.4 is 4.74 Å². The number of likely N-dealkylation sites (tertiary alicyclic amines) is 1. The summed E-state index contributed by atoms with van der Waals surface area (Å²) in [5.74, 6) is 1.04. The molecule has 0 spiro atoms. The highest BCUT2D eigenvalue weighted by molar-refractivity contribution is 5.78. The lowest BCUT2D eigenvalue weighted by Gasteiger charge is -2.21. The molecule has 4 nitrogen and oxygen atoms in total. The SMILES string of the molecule is CCOc1ccc(CC(=O)N(C)CCN2CCCC2)cc1. The Bertz CT molecular complexity index is 439. The zero-order valence-corrected chi connectivity index (χ0v) is 13.2. The van der Waals surface area contributed by atoms with E-state index in [0.717, 1.165) is 24.4 Å². The summed E-state index contributed by atoms with van der Waals surface area (Å²) < 4.78 is 5.41. The van der Waals surface area contributed by atoms with E-state index in [1.54, 1.807) is 0 Å². The Morgan fingerprint density at radius 1 is 1.24 bits per heavy atom.